The molecule has 146 valence electrons. The Hall–Kier alpha value is -3.16. The minimum absolute atomic E-state index is 0.381. The summed E-state index contributed by atoms with van der Waals surface area (Å²) in [6.07, 6.45) is 11.1. The lowest BCUT2D eigenvalue weighted by molar-refractivity contribution is 0.525. The quantitative estimate of drug-likeness (QED) is 0.658. The van der Waals surface area contributed by atoms with Crippen LogP contribution in [0.5, 0.6) is 0 Å². The number of hydrogen-bond acceptors (Lipinski definition) is 3. The molecular formula is C25H26N4. The van der Waals surface area contributed by atoms with Gasteiger partial charge in [-0.15, -0.1) is 0 Å². The summed E-state index contributed by atoms with van der Waals surface area (Å²) < 4.78 is 2.17. The van der Waals surface area contributed by atoms with Crippen LogP contribution < -0.4 is 5.32 Å². The summed E-state index contributed by atoms with van der Waals surface area (Å²) in [4.78, 5) is 4.35. The van der Waals surface area contributed by atoms with E-state index in [1.54, 1.807) is 0 Å². The van der Waals surface area contributed by atoms with Crippen LogP contribution in [-0.2, 0) is 13.1 Å². The first-order valence-electron chi connectivity index (χ1n) is 10.3. The maximum atomic E-state index is 8.96. The van der Waals surface area contributed by atoms with Crippen LogP contribution in [0.4, 0.5) is 0 Å². The van der Waals surface area contributed by atoms with E-state index in [1.807, 2.05) is 36.8 Å². The molecule has 0 aliphatic heterocycles. The summed E-state index contributed by atoms with van der Waals surface area (Å²) in [5.41, 5.74) is 5.83. The molecule has 0 saturated heterocycles. The molecular weight excluding hydrogens is 356 g/mol. The van der Waals surface area contributed by atoms with Crippen LogP contribution >= 0.6 is 0 Å². The predicted octanol–water partition coefficient (Wildman–Crippen LogP) is 4.92. The van der Waals surface area contributed by atoms with Gasteiger partial charge in [0.25, 0.3) is 0 Å². The lowest BCUT2D eigenvalue weighted by Crippen LogP contribution is -2.27. The van der Waals surface area contributed by atoms with Crippen molar-refractivity contribution in [2.75, 3.05) is 0 Å². The van der Waals surface area contributed by atoms with E-state index in [0.717, 1.165) is 19.5 Å². The first-order valence-corrected chi connectivity index (χ1v) is 10.3. The second-order valence-corrected chi connectivity index (χ2v) is 7.61. The van der Waals surface area contributed by atoms with E-state index in [4.69, 9.17) is 5.26 Å². The summed E-state index contributed by atoms with van der Waals surface area (Å²) in [7, 11) is 0. The van der Waals surface area contributed by atoms with Crippen LogP contribution in [0.3, 0.4) is 0 Å². The zero-order valence-corrected chi connectivity index (χ0v) is 16.6. The number of nitrogens with one attached hydrogen (secondary N) is 1. The molecule has 1 aliphatic rings. The van der Waals surface area contributed by atoms with Gasteiger partial charge in [-0.2, -0.15) is 5.26 Å². The molecule has 1 aromatic heterocycles. The molecule has 4 nitrogen and oxygen atoms in total. The van der Waals surface area contributed by atoms with Crippen LogP contribution in [0, 0.1) is 11.3 Å². The molecule has 4 heteroatoms. The van der Waals surface area contributed by atoms with Crippen molar-refractivity contribution < 1.29 is 0 Å². The number of aromatic nitrogens is 2. The van der Waals surface area contributed by atoms with Crippen molar-refractivity contribution in [3.05, 3.63) is 95.6 Å². The fourth-order valence-corrected chi connectivity index (χ4v) is 3.90. The third-order valence-corrected chi connectivity index (χ3v) is 5.54. The molecule has 0 amide bonds. The highest BCUT2D eigenvalue weighted by atomic mass is 15.1. The van der Waals surface area contributed by atoms with Gasteiger partial charge in [0.2, 0.25) is 0 Å². The maximum Gasteiger partial charge on any atom is 0.0991 e. The molecule has 1 heterocycles. The van der Waals surface area contributed by atoms with Crippen molar-refractivity contribution in [2.24, 2.45) is 0 Å². The molecule has 3 aromatic rings. The van der Waals surface area contributed by atoms with E-state index >= 15 is 0 Å². The van der Waals surface area contributed by atoms with Crippen LogP contribution in [-0.4, -0.2) is 15.6 Å². The molecule has 29 heavy (non-hydrogen) atoms. The summed E-state index contributed by atoms with van der Waals surface area (Å²) in [6, 6.07) is 21.0. The standard InChI is InChI=1S/C25H26N4/c26-15-20-10-12-21(13-11-20)18-29-19-27-16-25(29)17-28-24-9-5-4-8-23(14-24)22-6-2-1-3-7-22/h1-3,6-7,10-14,16,19,24,28H,4-5,8-9,17-18H2. The van der Waals surface area contributed by atoms with E-state index in [1.165, 1.54) is 41.7 Å². The second-order valence-electron chi connectivity index (χ2n) is 7.61. The van der Waals surface area contributed by atoms with E-state index in [2.05, 4.69) is 57.3 Å². The van der Waals surface area contributed by atoms with Crippen LogP contribution in [0.15, 0.2) is 73.2 Å². The van der Waals surface area contributed by atoms with Crippen molar-refractivity contribution in [3.8, 4) is 6.07 Å². The summed E-state index contributed by atoms with van der Waals surface area (Å²) in [5, 5.41) is 12.7. The summed E-state index contributed by atoms with van der Waals surface area (Å²) >= 11 is 0. The Morgan fingerprint density at radius 1 is 1.07 bits per heavy atom. The SMILES string of the molecule is N#Cc1ccc(Cn2cncc2CNC2C=C(c3ccccc3)CCCC2)cc1. The Kier molecular flexibility index (Phi) is 6.19. The molecule has 0 radical (unpaired) electrons. The Bertz CT molecular complexity index is 993. The Balaban J connectivity index is 1.42. The number of allylic oxidation sites excluding steroid dienone is 1. The Morgan fingerprint density at radius 2 is 1.90 bits per heavy atom. The highest BCUT2D eigenvalue weighted by Crippen LogP contribution is 2.26. The van der Waals surface area contributed by atoms with Gasteiger partial charge in [-0.05, 0) is 48.1 Å². The van der Waals surface area contributed by atoms with Gasteiger partial charge in [0.1, 0.15) is 0 Å². The number of rotatable bonds is 6. The van der Waals surface area contributed by atoms with Crippen molar-refractivity contribution in [3.63, 3.8) is 0 Å². The lowest BCUT2D eigenvalue weighted by Gasteiger charge is -2.16. The largest absolute Gasteiger partial charge is 0.329 e. The maximum absolute atomic E-state index is 8.96. The fraction of sp³-hybridized carbons (Fsp3) is 0.280. The van der Waals surface area contributed by atoms with Gasteiger partial charge in [0.05, 0.1) is 23.7 Å². The summed E-state index contributed by atoms with van der Waals surface area (Å²) in [5.74, 6) is 0. The highest BCUT2D eigenvalue weighted by molar-refractivity contribution is 5.66. The van der Waals surface area contributed by atoms with Gasteiger partial charge in [-0.3, -0.25) is 0 Å². The van der Waals surface area contributed by atoms with Crippen LogP contribution in [0.1, 0.15) is 48.1 Å². The van der Waals surface area contributed by atoms with E-state index in [-0.39, 0.29) is 0 Å². The first kappa shape index (κ1) is 19.2. The zero-order valence-electron chi connectivity index (χ0n) is 16.6. The first-order chi connectivity index (χ1) is 14.3. The van der Waals surface area contributed by atoms with Crippen molar-refractivity contribution in [2.45, 2.75) is 44.8 Å². The molecule has 0 fully saturated rings. The third kappa shape index (κ3) is 5.01. The number of nitrogens with zero attached hydrogens (tertiary/aromatic N) is 3. The normalized spacial score (nSPS) is 16.7. The molecule has 2 aromatic carbocycles. The minimum atomic E-state index is 0.381. The molecule has 0 spiro atoms. The zero-order chi connectivity index (χ0) is 19.9. The van der Waals surface area contributed by atoms with Gasteiger partial charge in [-0.1, -0.05) is 55.0 Å². The molecule has 1 N–H and O–H groups in total. The average Bonchev–Trinajstić information content (AvgIpc) is 3.07. The number of nitriles is 1. The van der Waals surface area contributed by atoms with Gasteiger partial charge < -0.3 is 9.88 Å². The number of imidazole rings is 1. The van der Waals surface area contributed by atoms with Crippen LogP contribution in [0.2, 0.25) is 0 Å². The van der Waals surface area contributed by atoms with Gasteiger partial charge in [-0.25, -0.2) is 4.98 Å². The topological polar surface area (TPSA) is 53.6 Å². The molecule has 0 bridgehead atoms. The van der Waals surface area contributed by atoms with Gasteiger partial charge in [0, 0.05) is 25.3 Å². The molecule has 1 unspecified atom stereocenters. The molecule has 4 rings (SSSR count). The van der Waals surface area contributed by atoms with Crippen molar-refractivity contribution in [1.82, 2.24) is 14.9 Å². The van der Waals surface area contributed by atoms with Gasteiger partial charge in [0.15, 0.2) is 0 Å². The van der Waals surface area contributed by atoms with E-state index in [9.17, 15) is 0 Å². The lowest BCUT2D eigenvalue weighted by atomic mass is 10.0. The summed E-state index contributed by atoms with van der Waals surface area (Å²) in [6.45, 7) is 1.55. The second kappa shape index (κ2) is 9.36. The monoisotopic (exact) mass is 382 g/mol. The molecule has 0 saturated carbocycles. The molecule has 1 aliphatic carbocycles. The van der Waals surface area contributed by atoms with E-state index < -0.39 is 0 Å². The highest BCUT2D eigenvalue weighted by Gasteiger charge is 2.14. The van der Waals surface area contributed by atoms with Crippen LogP contribution in [0.25, 0.3) is 5.57 Å². The van der Waals surface area contributed by atoms with Crippen molar-refractivity contribution in [1.29, 1.82) is 5.26 Å². The average molecular weight is 383 g/mol. The van der Waals surface area contributed by atoms with E-state index in [0.29, 0.717) is 11.6 Å². The third-order valence-electron chi connectivity index (χ3n) is 5.54. The predicted molar refractivity (Wildman–Crippen MR) is 116 cm³/mol. The smallest absolute Gasteiger partial charge is 0.0991 e. The Labute approximate surface area is 172 Å². The number of benzene rings is 2. The minimum Gasteiger partial charge on any atom is -0.329 e. The Morgan fingerprint density at radius 3 is 2.69 bits per heavy atom. The fourth-order valence-electron chi connectivity index (χ4n) is 3.90. The van der Waals surface area contributed by atoms with Crippen molar-refractivity contribution >= 4 is 5.57 Å². The number of hydrogen-bond donors (Lipinski definition) is 1. The molecule has 1 atom stereocenters. The van der Waals surface area contributed by atoms with Gasteiger partial charge >= 0.3 is 0 Å².